The third-order valence-electron chi connectivity index (χ3n) is 4.15. The molecule has 1 aromatic heterocycles. The molecule has 18 heavy (non-hydrogen) atoms. The van der Waals surface area contributed by atoms with Crippen molar-refractivity contribution in [1.82, 2.24) is 9.78 Å². The predicted octanol–water partition coefficient (Wildman–Crippen LogP) is 2.93. The molecule has 1 aromatic rings. The molecule has 0 aromatic carbocycles. The number of aromatic nitrogens is 2. The van der Waals surface area contributed by atoms with Crippen LogP contribution in [-0.4, -0.2) is 16.3 Å². The molecule has 0 bridgehead atoms. The minimum atomic E-state index is -0.100. The predicted molar refractivity (Wildman–Crippen MR) is 76.9 cm³/mol. The molecule has 1 heterocycles. The fourth-order valence-electron chi connectivity index (χ4n) is 2.70. The van der Waals surface area contributed by atoms with Gasteiger partial charge in [-0.3, -0.25) is 4.79 Å². The van der Waals surface area contributed by atoms with Crippen LogP contribution in [0, 0.1) is 5.41 Å². The minimum Gasteiger partial charge on any atom is -0.382 e. The largest absolute Gasteiger partial charge is 0.382 e. The van der Waals surface area contributed by atoms with Crippen molar-refractivity contribution in [2.75, 3.05) is 11.9 Å². The Balaban J connectivity index is 2.11. The van der Waals surface area contributed by atoms with Crippen LogP contribution in [-0.2, 0) is 7.05 Å². The maximum Gasteiger partial charge on any atom is 0.282 e. The Hall–Kier alpha value is -0.840. The molecule has 0 saturated heterocycles. The Morgan fingerprint density at radius 2 is 2.17 bits per heavy atom. The van der Waals surface area contributed by atoms with E-state index in [1.165, 1.54) is 36.8 Å². The molecule has 1 aliphatic rings. The van der Waals surface area contributed by atoms with Crippen molar-refractivity contribution in [3.8, 4) is 0 Å². The number of hydrogen-bond acceptors (Lipinski definition) is 3. The van der Waals surface area contributed by atoms with Gasteiger partial charge in [0.1, 0.15) is 4.47 Å². The molecule has 0 spiro atoms. The molecule has 5 heteroatoms. The maximum atomic E-state index is 11.7. The smallest absolute Gasteiger partial charge is 0.282 e. The van der Waals surface area contributed by atoms with Crippen LogP contribution < -0.4 is 10.9 Å². The van der Waals surface area contributed by atoms with Crippen LogP contribution in [0.5, 0.6) is 0 Å². The summed E-state index contributed by atoms with van der Waals surface area (Å²) in [6.45, 7) is 3.18. The maximum absolute atomic E-state index is 11.7. The highest BCUT2D eigenvalue weighted by Crippen LogP contribution is 2.41. The molecule has 1 aliphatic carbocycles. The minimum absolute atomic E-state index is 0.100. The van der Waals surface area contributed by atoms with Crippen LogP contribution in [0.1, 0.15) is 39.0 Å². The first-order valence-corrected chi connectivity index (χ1v) is 7.33. The van der Waals surface area contributed by atoms with Crippen molar-refractivity contribution >= 4 is 21.6 Å². The molecule has 1 N–H and O–H groups in total. The molecule has 100 valence electrons. The molecular weight excluding hydrogens is 294 g/mol. The second kappa shape index (κ2) is 5.43. The van der Waals surface area contributed by atoms with Crippen molar-refractivity contribution in [1.29, 1.82) is 0 Å². The number of aryl methyl sites for hydroxylation is 1. The number of halogens is 1. The number of nitrogens with zero attached hydrogens (tertiary/aromatic N) is 2. The number of anilines is 1. The number of rotatable bonds is 4. The quantitative estimate of drug-likeness (QED) is 0.929. The van der Waals surface area contributed by atoms with Crippen molar-refractivity contribution in [3.63, 3.8) is 0 Å². The fraction of sp³-hybridized carbons (Fsp3) is 0.692. The second-order valence-corrected chi connectivity index (χ2v) is 6.01. The molecule has 1 saturated carbocycles. The first-order chi connectivity index (χ1) is 8.58. The van der Waals surface area contributed by atoms with E-state index in [0.717, 1.165) is 12.2 Å². The summed E-state index contributed by atoms with van der Waals surface area (Å²) < 4.78 is 1.91. The Morgan fingerprint density at radius 3 is 2.78 bits per heavy atom. The Labute approximate surface area is 116 Å². The topological polar surface area (TPSA) is 46.9 Å². The van der Waals surface area contributed by atoms with Gasteiger partial charge < -0.3 is 5.32 Å². The summed E-state index contributed by atoms with van der Waals surface area (Å²) in [5.41, 5.74) is 1.11. The summed E-state index contributed by atoms with van der Waals surface area (Å²) in [7, 11) is 1.65. The summed E-state index contributed by atoms with van der Waals surface area (Å²) >= 11 is 3.34. The molecule has 0 aliphatic heterocycles. The Morgan fingerprint density at radius 1 is 1.50 bits per heavy atom. The van der Waals surface area contributed by atoms with Gasteiger partial charge in [0, 0.05) is 13.6 Å². The molecule has 2 rings (SSSR count). The molecule has 0 atom stereocenters. The molecule has 0 radical (unpaired) electrons. The summed E-state index contributed by atoms with van der Waals surface area (Å²) in [4.78, 5) is 11.7. The highest BCUT2D eigenvalue weighted by atomic mass is 79.9. The van der Waals surface area contributed by atoms with Crippen LogP contribution in [0.4, 0.5) is 5.69 Å². The van der Waals surface area contributed by atoms with Gasteiger partial charge in [0.2, 0.25) is 0 Å². The van der Waals surface area contributed by atoms with Crippen molar-refractivity contribution in [2.24, 2.45) is 12.5 Å². The summed E-state index contributed by atoms with van der Waals surface area (Å²) in [6, 6.07) is 0. The highest BCUT2D eigenvalue weighted by molar-refractivity contribution is 9.10. The molecule has 0 amide bonds. The van der Waals surface area contributed by atoms with Gasteiger partial charge in [0.25, 0.3) is 5.56 Å². The number of nitrogens with one attached hydrogen (secondary N) is 1. The third kappa shape index (κ3) is 2.60. The molecular formula is C13H20BrN3O. The molecule has 1 fully saturated rings. The van der Waals surface area contributed by atoms with Crippen LogP contribution >= 0.6 is 15.9 Å². The van der Waals surface area contributed by atoms with E-state index in [1.54, 1.807) is 13.2 Å². The Bertz CT molecular complexity index is 478. The standard InChI is InChI=1S/C13H20BrN3O/c1-3-13(6-4-5-7-13)9-15-10-8-16-17(2)12(18)11(10)14/h8,15H,3-7,9H2,1-2H3. The second-order valence-electron chi connectivity index (χ2n) is 5.22. The van der Waals surface area contributed by atoms with Crippen molar-refractivity contribution in [3.05, 3.63) is 21.0 Å². The average Bonchev–Trinajstić information content (AvgIpc) is 2.85. The number of hydrogen-bond donors (Lipinski definition) is 1. The van der Waals surface area contributed by atoms with E-state index in [-0.39, 0.29) is 5.56 Å². The first kappa shape index (κ1) is 13.6. The fourth-order valence-corrected chi connectivity index (χ4v) is 3.20. The SMILES string of the molecule is CCC1(CNc2cnn(C)c(=O)c2Br)CCCC1. The van der Waals surface area contributed by atoms with E-state index in [1.807, 2.05) is 0 Å². The van der Waals surface area contributed by atoms with Gasteiger partial charge in [-0.25, -0.2) is 4.68 Å². The lowest BCUT2D eigenvalue weighted by molar-refractivity contribution is 0.306. The first-order valence-electron chi connectivity index (χ1n) is 6.54. The zero-order valence-corrected chi connectivity index (χ0v) is 12.6. The van der Waals surface area contributed by atoms with Crippen LogP contribution in [0.2, 0.25) is 0 Å². The van der Waals surface area contributed by atoms with E-state index in [2.05, 4.69) is 33.3 Å². The Kier molecular flexibility index (Phi) is 4.10. The summed E-state index contributed by atoms with van der Waals surface area (Å²) in [5, 5.41) is 7.44. The monoisotopic (exact) mass is 313 g/mol. The highest BCUT2D eigenvalue weighted by Gasteiger charge is 2.31. The summed E-state index contributed by atoms with van der Waals surface area (Å²) in [5.74, 6) is 0. The van der Waals surface area contributed by atoms with Gasteiger partial charge in [0.05, 0.1) is 11.9 Å². The average molecular weight is 314 g/mol. The third-order valence-corrected chi connectivity index (χ3v) is 4.91. The summed E-state index contributed by atoms with van der Waals surface area (Å²) in [6.07, 6.45) is 8.12. The van der Waals surface area contributed by atoms with Crippen molar-refractivity contribution < 1.29 is 0 Å². The van der Waals surface area contributed by atoms with Gasteiger partial charge in [-0.05, 0) is 40.6 Å². The van der Waals surface area contributed by atoms with Gasteiger partial charge in [-0.1, -0.05) is 19.8 Å². The van der Waals surface area contributed by atoms with Crippen LogP contribution in [0.3, 0.4) is 0 Å². The van der Waals surface area contributed by atoms with Crippen LogP contribution in [0.25, 0.3) is 0 Å². The van der Waals surface area contributed by atoms with Crippen molar-refractivity contribution in [2.45, 2.75) is 39.0 Å². The van der Waals surface area contributed by atoms with Gasteiger partial charge in [-0.15, -0.1) is 0 Å². The normalized spacial score (nSPS) is 17.9. The molecule has 0 unspecified atom stereocenters. The van der Waals surface area contributed by atoms with E-state index in [4.69, 9.17) is 0 Å². The van der Waals surface area contributed by atoms with Gasteiger partial charge in [-0.2, -0.15) is 5.10 Å². The van der Waals surface area contributed by atoms with Crippen LogP contribution in [0.15, 0.2) is 15.5 Å². The van der Waals surface area contributed by atoms with Gasteiger partial charge >= 0.3 is 0 Å². The van der Waals surface area contributed by atoms with E-state index >= 15 is 0 Å². The lowest BCUT2D eigenvalue weighted by Crippen LogP contribution is -2.28. The van der Waals surface area contributed by atoms with Gasteiger partial charge in [0.15, 0.2) is 0 Å². The lowest BCUT2D eigenvalue weighted by Gasteiger charge is -2.28. The zero-order chi connectivity index (χ0) is 13.2. The van der Waals surface area contributed by atoms with E-state index in [0.29, 0.717) is 9.89 Å². The zero-order valence-electron chi connectivity index (χ0n) is 11.0. The van der Waals surface area contributed by atoms with E-state index < -0.39 is 0 Å². The molecule has 4 nitrogen and oxygen atoms in total. The lowest BCUT2D eigenvalue weighted by atomic mass is 9.83. The van der Waals surface area contributed by atoms with E-state index in [9.17, 15) is 4.79 Å².